The summed E-state index contributed by atoms with van der Waals surface area (Å²) in [5.74, 6) is 0. The predicted octanol–water partition coefficient (Wildman–Crippen LogP) is 3.06. The molecule has 0 amide bonds. The first kappa shape index (κ1) is 11.4. The Kier molecular flexibility index (Phi) is 8.14. The molecule has 0 aliphatic heterocycles. The van der Waals surface area contributed by atoms with Crippen LogP contribution in [0.1, 0.15) is 39.5 Å². The fourth-order valence-corrected chi connectivity index (χ4v) is 0.913. The van der Waals surface area contributed by atoms with Gasteiger partial charge in [-0.3, -0.25) is 0 Å². The molecule has 1 heteroatoms. The molecule has 0 unspecified atom stereocenters. The second kappa shape index (κ2) is 8.54. The molecule has 0 saturated carbocycles. The van der Waals surface area contributed by atoms with E-state index in [4.69, 9.17) is 5.11 Å². The van der Waals surface area contributed by atoms with Crippen molar-refractivity contribution in [2.75, 3.05) is 6.61 Å². The van der Waals surface area contributed by atoms with E-state index >= 15 is 0 Å². The monoisotopic (exact) mass is 168 g/mol. The van der Waals surface area contributed by atoms with Gasteiger partial charge in [0, 0.05) is 6.61 Å². The van der Waals surface area contributed by atoms with Crippen molar-refractivity contribution in [2.45, 2.75) is 39.5 Å². The minimum Gasteiger partial charge on any atom is -0.396 e. The number of aliphatic hydroxyl groups is 1. The zero-order chi connectivity index (χ0) is 9.23. The summed E-state index contributed by atoms with van der Waals surface area (Å²) in [7, 11) is 0. The number of unbranched alkanes of at least 4 members (excludes halogenated alkanes) is 2. The molecule has 0 aromatic carbocycles. The topological polar surface area (TPSA) is 20.2 Å². The molecule has 12 heavy (non-hydrogen) atoms. The Morgan fingerprint density at radius 3 is 2.33 bits per heavy atom. The predicted molar refractivity (Wildman–Crippen MR) is 54.1 cm³/mol. The summed E-state index contributed by atoms with van der Waals surface area (Å²) in [6.07, 6.45) is 10.7. The molecule has 0 radical (unpaired) electrons. The molecule has 0 aromatic rings. The largest absolute Gasteiger partial charge is 0.396 e. The second-order valence-corrected chi connectivity index (χ2v) is 3.20. The lowest BCUT2D eigenvalue weighted by atomic mass is 10.2. The Balaban J connectivity index is 3.19. The van der Waals surface area contributed by atoms with Crippen LogP contribution in [0.5, 0.6) is 0 Å². The second-order valence-electron chi connectivity index (χ2n) is 3.20. The first-order valence-electron chi connectivity index (χ1n) is 4.66. The van der Waals surface area contributed by atoms with E-state index in [2.05, 4.69) is 32.1 Å². The van der Waals surface area contributed by atoms with E-state index in [1.807, 2.05) is 0 Å². The van der Waals surface area contributed by atoms with Crippen LogP contribution in [0.15, 0.2) is 23.8 Å². The summed E-state index contributed by atoms with van der Waals surface area (Å²) >= 11 is 0. The Labute approximate surface area is 75.8 Å². The molecule has 0 fully saturated rings. The Morgan fingerprint density at radius 2 is 1.75 bits per heavy atom. The zero-order valence-electron chi connectivity index (χ0n) is 8.21. The van der Waals surface area contributed by atoms with Gasteiger partial charge in [0.2, 0.25) is 0 Å². The highest BCUT2D eigenvalue weighted by atomic mass is 16.2. The Bertz CT molecular complexity index is 141. The van der Waals surface area contributed by atoms with Gasteiger partial charge in [0.15, 0.2) is 0 Å². The van der Waals surface area contributed by atoms with Crippen molar-refractivity contribution in [1.82, 2.24) is 0 Å². The lowest BCUT2D eigenvalue weighted by Gasteiger charge is -1.90. The van der Waals surface area contributed by atoms with Crippen LogP contribution in [-0.2, 0) is 0 Å². The molecule has 0 aliphatic carbocycles. The van der Waals surface area contributed by atoms with Gasteiger partial charge in [0.25, 0.3) is 0 Å². The van der Waals surface area contributed by atoms with E-state index in [1.54, 1.807) is 0 Å². The fraction of sp³-hybridized carbons (Fsp3) is 0.636. The first-order valence-corrected chi connectivity index (χ1v) is 4.66. The third-order valence-corrected chi connectivity index (χ3v) is 1.58. The van der Waals surface area contributed by atoms with Gasteiger partial charge in [-0.15, -0.1) is 0 Å². The van der Waals surface area contributed by atoms with Crippen molar-refractivity contribution >= 4 is 0 Å². The average Bonchev–Trinajstić information content (AvgIpc) is 2.02. The van der Waals surface area contributed by atoms with Crippen LogP contribution < -0.4 is 0 Å². The van der Waals surface area contributed by atoms with Gasteiger partial charge in [-0.2, -0.15) is 0 Å². The third kappa shape index (κ3) is 9.44. The van der Waals surface area contributed by atoms with Gasteiger partial charge in [0.05, 0.1) is 0 Å². The molecule has 0 bridgehead atoms. The van der Waals surface area contributed by atoms with Crippen molar-refractivity contribution in [1.29, 1.82) is 0 Å². The summed E-state index contributed by atoms with van der Waals surface area (Å²) in [6.45, 7) is 4.54. The van der Waals surface area contributed by atoms with Crippen LogP contribution in [0.25, 0.3) is 0 Å². The molecule has 70 valence electrons. The van der Waals surface area contributed by atoms with Crippen LogP contribution in [0.3, 0.4) is 0 Å². The summed E-state index contributed by atoms with van der Waals surface area (Å²) in [4.78, 5) is 0. The van der Waals surface area contributed by atoms with Crippen molar-refractivity contribution in [3.05, 3.63) is 23.8 Å². The number of hydrogen-bond donors (Lipinski definition) is 1. The zero-order valence-corrected chi connectivity index (χ0v) is 8.21. The SMILES string of the molecule is CC(C)=CCC/C=C\CCCO. The fourth-order valence-electron chi connectivity index (χ4n) is 0.913. The van der Waals surface area contributed by atoms with E-state index in [-0.39, 0.29) is 0 Å². The number of aliphatic hydroxyl groups excluding tert-OH is 1. The molecule has 0 atom stereocenters. The van der Waals surface area contributed by atoms with E-state index in [1.165, 1.54) is 5.57 Å². The summed E-state index contributed by atoms with van der Waals surface area (Å²) in [5, 5.41) is 8.50. The van der Waals surface area contributed by atoms with Crippen LogP contribution in [-0.4, -0.2) is 11.7 Å². The van der Waals surface area contributed by atoms with E-state index < -0.39 is 0 Å². The van der Waals surface area contributed by atoms with Crippen molar-refractivity contribution in [3.63, 3.8) is 0 Å². The quantitative estimate of drug-likeness (QED) is 0.477. The Hall–Kier alpha value is -0.560. The highest BCUT2D eigenvalue weighted by Gasteiger charge is 1.80. The molecule has 0 spiro atoms. The lowest BCUT2D eigenvalue weighted by molar-refractivity contribution is 0.289. The Morgan fingerprint density at radius 1 is 1.08 bits per heavy atom. The highest BCUT2D eigenvalue weighted by Crippen LogP contribution is 1.99. The van der Waals surface area contributed by atoms with Gasteiger partial charge >= 0.3 is 0 Å². The maximum atomic E-state index is 8.50. The summed E-state index contributed by atoms with van der Waals surface area (Å²) in [6, 6.07) is 0. The maximum Gasteiger partial charge on any atom is 0.0433 e. The van der Waals surface area contributed by atoms with Crippen LogP contribution in [0.2, 0.25) is 0 Å². The first-order chi connectivity index (χ1) is 5.77. The van der Waals surface area contributed by atoms with Gasteiger partial charge in [-0.1, -0.05) is 23.8 Å². The molecule has 0 heterocycles. The smallest absolute Gasteiger partial charge is 0.0433 e. The van der Waals surface area contributed by atoms with Gasteiger partial charge in [0.1, 0.15) is 0 Å². The highest BCUT2D eigenvalue weighted by molar-refractivity contribution is 4.94. The molecular formula is C11H20O. The summed E-state index contributed by atoms with van der Waals surface area (Å²) in [5.41, 5.74) is 1.39. The van der Waals surface area contributed by atoms with Crippen LogP contribution in [0.4, 0.5) is 0 Å². The number of hydrogen-bond acceptors (Lipinski definition) is 1. The molecular weight excluding hydrogens is 148 g/mol. The van der Waals surface area contributed by atoms with E-state index in [0.29, 0.717) is 6.61 Å². The van der Waals surface area contributed by atoms with Gasteiger partial charge in [-0.25, -0.2) is 0 Å². The van der Waals surface area contributed by atoms with Gasteiger partial charge < -0.3 is 5.11 Å². The van der Waals surface area contributed by atoms with Gasteiger partial charge in [-0.05, 0) is 39.5 Å². The minimum atomic E-state index is 0.304. The normalized spacial score (nSPS) is 10.6. The molecule has 1 N–H and O–H groups in total. The number of allylic oxidation sites excluding steroid dienone is 4. The van der Waals surface area contributed by atoms with Crippen molar-refractivity contribution in [2.24, 2.45) is 0 Å². The lowest BCUT2D eigenvalue weighted by Crippen LogP contribution is -1.78. The molecule has 1 nitrogen and oxygen atoms in total. The van der Waals surface area contributed by atoms with E-state index in [9.17, 15) is 0 Å². The average molecular weight is 168 g/mol. The van der Waals surface area contributed by atoms with E-state index in [0.717, 1.165) is 25.7 Å². The van der Waals surface area contributed by atoms with Crippen LogP contribution in [0, 0.1) is 0 Å². The van der Waals surface area contributed by atoms with Crippen LogP contribution >= 0.6 is 0 Å². The maximum absolute atomic E-state index is 8.50. The molecule has 0 aromatic heterocycles. The number of rotatable bonds is 6. The molecule has 0 saturated heterocycles. The third-order valence-electron chi connectivity index (χ3n) is 1.58. The molecule has 0 aliphatic rings. The molecule has 0 rings (SSSR count). The van der Waals surface area contributed by atoms with Crippen molar-refractivity contribution < 1.29 is 5.11 Å². The summed E-state index contributed by atoms with van der Waals surface area (Å²) < 4.78 is 0. The standard InChI is InChI=1S/C11H20O/c1-11(2)9-7-5-3-4-6-8-10-12/h3-4,9,12H,5-8,10H2,1-2H3/b4-3-. The van der Waals surface area contributed by atoms with Crippen molar-refractivity contribution in [3.8, 4) is 0 Å². The minimum absolute atomic E-state index is 0.304.